The monoisotopic (exact) mass is 288 g/mol. The second-order valence-corrected chi connectivity index (χ2v) is 5.59. The first-order chi connectivity index (χ1) is 9.76. The summed E-state index contributed by atoms with van der Waals surface area (Å²) in [5, 5.41) is 2.08. The maximum absolute atomic E-state index is 11.9. The highest BCUT2D eigenvalue weighted by atomic mass is 32.1. The van der Waals surface area contributed by atoms with Gasteiger partial charge in [0.05, 0.1) is 6.54 Å². The van der Waals surface area contributed by atoms with Gasteiger partial charge in [-0.25, -0.2) is 0 Å². The van der Waals surface area contributed by atoms with Crippen LogP contribution in [0.15, 0.2) is 47.8 Å². The second kappa shape index (κ2) is 7.22. The van der Waals surface area contributed by atoms with Gasteiger partial charge in [-0.2, -0.15) is 0 Å². The molecule has 0 radical (unpaired) electrons. The molecule has 3 nitrogen and oxygen atoms in total. The van der Waals surface area contributed by atoms with Crippen LogP contribution in [0.25, 0.3) is 0 Å². The van der Waals surface area contributed by atoms with Gasteiger partial charge in [0, 0.05) is 23.9 Å². The number of hydrogen-bond donors (Lipinski definition) is 1. The van der Waals surface area contributed by atoms with Crippen molar-refractivity contribution in [2.45, 2.75) is 12.8 Å². The molecule has 1 atom stereocenters. The lowest BCUT2D eigenvalue weighted by Crippen LogP contribution is -2.38. The molecule has 0 spiro atoms. The molecule has 0 aliphatic carbocycles. The summed E-state index contributed by atoms with van der Waals surface area (Å²) in [4.78, 5) is 15.0. The van der Waals surface area contributed by atoms with Gasteiger partial charge in [0.1, 0.15) is 0 Å². The van der Waals surface area contributed by atoms with Gasteiger partial charge in [0.25, 0.3) is 0 Å². The Labute approximate surface area is 124 Å². The van der Waals surface area contributed by atoms with E-state index in [1.807, 2.05) is 30.0 Å². The summed E-state index contributed by atoms with van der Waals surface area (Å²) >= 11 is 1.73. The molecule has 106 valence electrons. The number of carbonyl (C=O) groups is 1. The number of rotatable bonds is 6. The summed E-state index contributed by atoms with van der Waals surface area (Å²) in [5.41, 5.74) is 6.73. The summed E-state index contributed by atoms with van der Waals surface area (Å²) in [6.07, 6.45) is 0. The maximum Gasteiger partial charge on any atom is 0.236 e. The fourth-order valence-electron chi connectivity index (χ4n) is 2.29. The van der Waals surface area contributed by atoms with Gasteiger partial charge in [0.15, 0.2) is 0 Å². The van der Waals surface area contributed by atoms with E-state index in [2.05, 4.69) is 29.6 Å². The summed E-state index contributed by atoms with van der Waals surface area (Å²) < 4.78 is 0. The molecule has 1 aromatic carbocycles. The Morgan fingerprint density at radius 3 is 2.55 bits per heavy atom. The minimum Gasteiger partial charge on any atom is -0.341 e. The van der Waals surface area contributed by atoms with Crippen molar-refractivity contribution in [1.82, 2.24) is 4.90 Å². The SMILES string of the molecule is CCN(CC(c1ccccc1)c1cccs1)C(=O)CN. The van der Waals surface area contributed by atoms with Crippen LogP contribution in [0.3, 0.4) is 0 Å². The zero-order valence-electron chi connectivity index (χ0n) is 11.7. The van der Waals surface area contributed by atoms with Crippen LogP contribution in [0.1, 0.15) is 23.3 Å². The zero-order valence-corrected chi connectivity index (χ0v) is 12.5. The number of carbonyl (C=O) groups excluding carboxylic acids is 1. The Hall–Kier alpha value is -1.65. The highest BCUT2D eigenvalue weighted by molar-refractivity contribution is 7.10. The van der Waals surface area contributed by atoms with Crippen LogP contribution in [0.2, 0.25) is 0 Å². The molecule has 0 bridgehead atoms. The van der Waals surface area contributed by atoms with Crippen molar-refractivity contribution in [2.75, 3.05) is 19.6 Å². The van der Waals surface area contributed by atoms with Crippen molar-refractivity contribution in [3.05, 3.63) is 58.3 Å². The molecule has 4 heteroatoms. The largest absolute Gasteiger partial charge is 0.341 e. The molecule has 1 unspecified atom stereocenters. The molecule has 2 N–H and O–H groups in total. The van der Waals surface area contributed by atoms with Crippen LogP contribution in [0, 0.1) is 0 Å². The minimum absolute atomic E-state index is 0.00462. The van der Waals surface area contributed by atoms with Crippen LogP contribution >= 0.6 is 11.3 Å². The van der Waals surface area contributed by atoms with Gasteiger partial charge in [-0.3, -0.25) is 4.79 Å². The Balaban J connectivity index is 2.26. The highest BCUT2D eigenvalue weighted by Crippen LogP contribution is 2.29. The lowest BCUT2D eigenvalue weighted by molar-refractivity contribution is -0.129. The van der Waals surface area contributed by atoms with E-state index in [-0.39, 0.29) is 18.4 Å². The van der Waals surface area contributed by atoms with Gasteiger partial charge in [-0.15, -0.1) is 11.3 Å². The van der Waals surface area contributed by atoms with Crippen molar-refractivity contribution < 1.29 is 4.79 Å². The first kappa shape index (κ1) is 14.8. The van der Waals surface area contributed by atoms with Crippen molar-refractivity contribution in [3.63, 3.8) is 0 Å². The minimum atomic E-state index is 0.00462. The average molecular weight is 288 g/mol. The van der Waals surface area contributed by atoms with E-state index in [1.165, 1.54) is 10.4 Å². The van der Waals surface area contributed by atoms with Crippen molar-refractivity contribution in [1.29, 1.82) is 0 Å². The maximum atomic E-state index is 11.9. The standard InChI is InChI=1S/C16H20N2OS/c1-2-18(16(19)11-17)12-14(15-9-6-10-20-15)13-7-4-3-5-8-13/h3-10,14H,2,11-12,17H2,1H3. The lowest BCUT2D eigenvalue weighted by Gasteiger charge is -2.26. The van der Waals surface area contributed by atoms with E-state index in [0.29, 0.717) is 13.1 Å². The fourth-order valence-corrected chi connectivity index (χ4v) is 3.14. The highest BCUT2D eigenvalue weighted by Gasteiger charge is 2.20. The van der Waals surface area contributed by atoms with E-state index in [4.69, 9.17) is 5.73 Å². The number of nitrogens with two attached hydrogens (primary N) is 1. The zero-order chi connectivity index (χ0) is 14.4. The Kier molecular flexibility index (Phi) is 5.32. The fraction of sp³-hybridized carbons (Fsp3) is 0.312. The van der Waals surface area contributed by atoms with E-state index >= 15 is 0 Å². The predicted molar refractivity (Wildman–Crippen MR) is 83.9 cm³/mol. The summed E-state index contributed by atoms with van der Waals surface area (Å²) in [5.74, 6) is 0.219. The molecule has 0 saturated heterocycles. The Morgan fingerprint density at radius 2 is 2.00 bits per heavy atom. The van der Waals surface area contributed by atoms with E-state index in [1.54, 1.807) is 11.3 Å². The number of nitrogens with zero attached hydrogens (tertiary/aromatic N) is 1. The van der Waals surface area contributed by atoms with Crippen LogP contribution in [0.5, 0.6) is 0 Å². The lowest BCUT2D eigenvalue weighted by atomic mass is 9.96. The predicted octanol–water partition coefficient (Wildman–Crippen LogP) is 2.69. The third-order valence-electron chi connectivity index (χ3n) is 3.40. The van der Waals surface area contributed by atoms with Crippen LogP contribution in [-0.2, 0) is 4.79 Å². The molecule has 0 aliphatic heterocycles. The summed E-state index contributed by atoms with van der Waals surface area (Å²) in [7, 11) is 0. The number of thiophene rings is 1. The van der Waals surface area contributed by atoms with Crippen LogP contribution in [0.4, 0.5) is 0 Å². The molecule has 2 aromatic rings. The van der Waals surface area contributed by atoms with Gasteiger partial charge in [-0.1, -0.05) is 36.4 Å². The number of likely N-dealkylation sites (N-methyl/N-ethyl adjacent to an activating group) is 1. The normalized spacial score (nSPS) is 12.1. The van der Waals surface area contributed by atoms with Crippen molar-refractivity contribution in [2.24, 2.45) is 5.73 Å². The third-order valence-corrected chi connectivity index (χ3v) is 4.39. The van der Waals surface area contributed by atoms with E-state index in [0.717, 1.165) is 0 Å². The topological polar surface area (TPSA) is 46.3 Å². The van der Waals surface area contributed by atoms with Crippen molar-refractivity contribution in [3.8, 4) is 0 Å². The molecule has 1 aromatic heterocycles. The molecule has 0 aliphatic rings. The quantitative estimate of drug-likeness (QED) is 0.888. The smallest absolute Gasteiger partial charge is 0.236 e. The van der Waals surface area contributed by atoms with Crippen LogP contribution in [-0.4, -0.2) is 30.4 Å². The van der Waals surface area contributed by atoms with Gasteiger partial charge < -0.3 is 10.6 Å². The molecular formula is C16H20N2OS. The molecule has 0 fully saturated rings. The molecular weight excluding hydrogens is 268 g/mol. The first-order valence-electron chi connectivity index (χ1n) is 6.82. The van der Waals surface area contributed by atoms with Gasteiger partial charge in [0.2, 0.25) is 5.91 Å². The molecule has 2 rings (SSSR count). The molecule has 1 heterocycles. The van der Waals surface area contributed by atoms with E-state index in [9.17, 15) is 4.79 Å². The molecule has 20 heavy (non-hydrogen) atoms. The average Bonchev–Trinajstić information content (AvgIpc) is 3.02. The summed E-state index contributed by atoms with van der Waals surface area (Å²) in [6, 6.07) is 14.5. The van der Waals surface area contributed by atoms with Gasteiger partial charge >= 0.3 is 0 Å². The number of hydrogen-bond acceptors (Lipinski definition) is 3. The number of benzene rings is 1. The van der Waals surface area contributed by atoms with Gasteiger partial charge in [-0.05, 0) is 23.9 Å². The summed E-state index contributed by atoms with van der Waals surface area (Å²) in [6.45, 7) is 3.42. The Morgan fingerprint density at radius 1 is 1.25 bits per heavy atom. The van der Waals surface area contributed by atoms with Crippen LogP contribution < -0.4 is 5.73 Å². The molecule has 0 saturated carbocycles. The number of amides is 1. The first-order valence-corrected chi connectivity index (χ1v) is 7.70. The Bertz CT molecular complexity index is 525. The second-order valence-electron chi connectivity index (χ2n) is 4.62. The van der Waals surface area contributed by atoms with Crippen molar-refractivity contribution >= 4 is 17.2 Å². The van der Waals surface area contributed by atoms with E-state index < -0.39 is 0 Å². The molecule has 1 amide bonds. The third kappa shape index (κ3) is 3.46.